The fraction of sp³-hybridized carbons (Fsp3) is 1.00. The summed E-state index contributed by atoms with van der Waals surface area (Å²) < 4.78 is 10.1. The molecular formula is C7H15NO4. The van der Waals surface area contributed by atoms with E-state index in [0.717, 1.165) is 0 Å². The van der Waals surface area contributed by atoms with Gasteiger partial charge in [-0.05, 0) is 0 Å². The molecule has 0 radical (unpaired) electrons. The van der Waals surface area contributed by atoms with Crippen LogP contribution in [0.25, 0.3) is 0 Å². The Morgan fingerprint density at radius 3 is 2.83 bits per heavy atom. The number of rotatable bonds is 2. The summed E-state index contributed by atoms with van der Waals surface area (Å²) in [7, 11) is 1.46. The van der Waals surface area contributed by atoms with E-state index < -0.39 is 18.4 Å². The van der Waals surface area contributed by atoms with Crippen molar-refractivity contribution in [2.75, 3.05) is 13.7 Å². The molecule has 5 nitrogen and oxygen atoms in total. The summed E-state index contributed by atoms with van der Waals surface area (Å²) in [5.74, 6) is 0. The van der Waals surface area contributed by atoms with E-state index >= 15 is 0 Å². The first-order chi connectivity index (χ1) is 5.69. The molecule has 0 bridgehead atoms. The summed E-state index contributed by atoms with van der Waals surface area (Å²) >= 11 is 0. The Balaban J connectivity index is 2.52. The van der Waals surface area contributed by atoms with Crippen molar-refractivity contribution < 1.29 is 19.7 Å². The molecule has 12 heavy (non-hydrogen) atoms. The maximum absolute atomic E-state index is 9.38. The number of aliphatic hydroxyl groups is 2. The molecule has 0 saturated carbocycles. The predicted octanol–water partition coefficient (Wildman–Crippen LogP) is -1.57. The van der Waals surface area contributed by atoms with Crippen LogP contribution in [0.1, 0.15) is 6.42 Å². The first-order valence-electron chi connectivity index (χ1n) is 3.91. The average molecular weight is 177 g/mol. The molecule has 1 heterocycles. The number of hydrogen-bond acceptors (Lipinski definition) is 5. The highest BCUT2D eigenvalue weighted by Crippen LogP contribution is 2.18. The Morgan fingerprint density at radius 1 is 1.67 bits per heavy atom. The molecule has 5 heteroatoms. The van der Waals surface area contributed by atoms with Crippen LogP contribution in [0.4, 0.5) is 0 Å². The summed E-state index contributed by atoms with van der Waals surface area (Å²) in [5.41, 5.74) is 5.57. The van der Waals surface area contributed by atoms with Gasteiger partial charge in [-0.2, -0.15) is 0 Å². The van der Waals surface area contributed by atoms with Gasteiger partial charge in [-0.15, -0.1) is 0 Å². The lowest BCUT2D eigenvalue weighted by Gasteiger charge is -2.36. The zero-order valence-electron chi connectivity index (χ0n) is 7.01. The number of hydrogen-bond donors (Lipinski definition) is 3. The minimum absolute atomic E-state index is 0.121. The van der Waals surface area contributed by atoms with Crippen molar-refractivity contribution in [2.24, 2.45) is 5.73 Å². The smallest absolute Gasteiger partial charge is 0.175 e. The van der Waals surface area contributed by atoms with Crippen molar-refractivity contribution in [1.82, 2.24) is 0 Å². The molecule has 1 saturated heterocycles. The number of aliphatic hydroxyl groups excluding tert-OH is 2. The SMILES string of the molecule is CO[C@H]1O[C@H](CO)C[C@@H](O)[C@@H]1N. The summed E-state index contributed by atoms with van der Waals surface area (Å²) in [5, 5.41) is 18.2. The topological polar surface area (TPSA) is 84.9 Å². The molecule has 1 aliphatic rings. The van der Waals surface area contributed by atoms with E-state index in [9.17, 15) is 5.11 Å². The van der Waals surface area contributed by atoms with Crippen molar-refractivity contribution in [1.29, 1.82) is 0 Å². The maximum Gasteiger partial charge on any atom is 0.175 e. The quantitative estimate of drug-likeness (QED) is 0.474. The highest BCUT2D eigenvalue weighted by Gasteiger charge is 2.35. The third-order valence-corrected chi connectivity index (χ3v) is 2.03. The molecule has 4 N–H and O–H groups in total. The van der Waals surface area contributed by atoms with Crippen LogP contribution < -0.4 is 5.73 Å². The summed E-state index contributed by atoms with van der Waals surface area (Å²) in [6, 6.07) is -0.530. The van der Waals surface area contributed by atoms with Gasteiger partial charge in [-0.25, -0.2) is 0 Å². The molecule has 0 aromatic rings. The highest BCUT2D eigenvalue weighted by molar-refractivity contribution is 4.83. The van der Waals surface area contributed by atoms with Crippen LogP contribution in [0.5, 0.6) is 0 Å². The number of ether oxygens (including phenoxy) is 2. The molecule has 1 fully saturated rings. The first kappa shape index (κ1) is 9.88. The molecule has 0 aromatic heterocycles. The van der Waals surface area contributed by atoms with Gasteiger partial charge in [0.15, 0.2) is 6.29 Å². The lowest BCUT2D eigenvalue weighted by atomic mass is 10.0. The van der Waals surface area contributed by atoms with E-state index in [-0.39, 0.29) is 12.7 Å². The summed E-state index contributed by atoms with van der Waals surface area (Å²) in [6.07, 6.45) is -1.30. The zero-order chi connectivity index (χ0) is 9.14. The standard InChI is InChI=1S/C7H15NO4/c1-11-7-6(8)5(10)2-4(3-9)12-7/h4-7,9-10H,2-3,8H2,1H3/t4-,5+,6-,7-/m0/s1. The first-order valence-corrected chi connectivity index (χ1v) is 3.91. The lowest BCUT2D eigenvalue weighted by Crippen LogP contribution is -2.54. The third-order valence-electron chi connectivity index (χ3n) is 2.03. The second-order valence-corrected chi connectivity index (χ2v) is 2.93. The minimum atomic E-state index is -0.666. The normalized spacial score (nSPS) is 43.0. The zero-order valence-corrected chi connectivity index (χ0v) is 7.01. The molecule has 1 aliphatic heterocycles. The van der Waals surface area contributed by atoms with Crippen LogP contribution in [0.2, 0.25) is 0 Å². The fourth-order valence-electron chi connectivity index (χ4n) is 1.27. The largest absolute Gasteiger partial charge is 0.394 e. The Hall–Kier alpha value is -0.200. The van der Waals surface area contributed by atoms with Gasteiger partial charge in [0.05, 0.1) is 24.9 Å². The van der Waals surface area contributed by atoms with Crippen LogP contribution in [0.3, 0.4) is 0 Å². The summed E-state index contributed by atoms with van der Waals surface area (Å²) in [4.78, 5) is 0. The molecule has 0 unspecified atom stereocenters. The van der Waals surface area contributed by atoms with Gasteiger partial charge in [0.1, 0.15) is 0 Å². The predicted molar refractivity (Wildman–Crippen MR) is 41.4 cm³/mol. The Bertz CT molecular complexity index is 143. The number of methoxy groups -OCH3 is 1. The highest BCUT2D eigenvalue weighted by atomic mass is 16.7. The van der Waals surface area contributed by atoms with Gasteiger partial charge in [0, 0.05) is 13.5 Å². The van der Waals surface area contributed by atoms with Crippen LogP contribution in [0.15, 0.2) is 0 Å². The minimum Gasteiger partial charge on any atom is -0.394 e. The molecule has 0 aliphatic carbocycles. The van der Waals surface area contributed by atoms with E-state index in [1.54, 1.807) is 0 Å². The van der Waals surface area contributed by atoms with Gasteiger partial charge < -0.3 is 25.4 Å². The average Bonchev–Trinajstić information content (AvgIpc) is 2.09. The number of nitrogens with two attached hydrogens (primary N) is 1. The Labute approximate surface area is 71.1 Å². The van der Waals surface area contributed by atoms with E-state index in [1.807, 2.05) is 0 Å². The van der Waals surface area contributed by atoms with Crippen molar-refractivity contribution >= 4 is 0 Å². The van der Waals surface area contributed by atoms with Crippen LogP contribution >= 0.6 is 0 Å². The molecule has 0 aromatic carbocycles. The maximum atomic E-state index is 9.38. The molecular weight excluding hydrogens is 162 g/mol. The van der Waals surface area contributed by atoms with Gasteiger partial charge in [0.2, 0.25) is 0 Å². The second-order valence-electron chi connectivity index (χ2n) is 2.93. The second kappa shape index (κ2) is 4.15. The van der Waals surface area contributed by atoms with Crippen molar-refractivity contribution in [3.05, 3.63) is 0 Å². The summed E-state index contributed by atoms with van der Waals surface area (Å²) in [6.45, 7) is -0.121. The van der Waals surface area contributed by atoms with E-state index in [0.29, 0.717) is 6.42 Å². The van der Waals surface area contributed by atoms with E-state index in [2.05, 4.69) is 0 Å². The van der Waals surface area contributed by atoms with Gasteiger partial charge in [0.25, 0.3) is 0 Å². The lowest BCUT2D eigenvalue weighted by molar-refractivity contribution is -0.220. The molecule has 4 atom stereocenters. The van der Waals surface area contributed by atoms with Crippen LogP contribution in [-0.4, -0.2) is 48.5 Å². The fourth-order valence-corrected chi connectivity index (χ4v) is 1.27. The monoisotopic (exact) mass is 177 g/mol. The van der Waals surface area contributed by atoms with Crippen molar-refractivity contribution in [3.63, 3.8) is 0 Å². The molecule has 1 rings (SSSR count). The van der Waals surface area contributed by atoms with Crippen LogP contribution in [-0.2, 0) is 9.47 Å². The molecule has 0 spiro atoms. The van der Waals surface area contributed by atoms with E-state index in [4.69, 9.17) is 20.3 Å². The molecule has 0 amide bonds. The Kier molecular flexibility index (Phi) is 3.42. The molecule has 72 valence electrons. The van der Waals surface area contributed by atoms with Crippen molar-refractivity contribution in [2.45, 2.75) is 31.0 Å². The van der Waals surface area contributed by atoms with E-state index in [1.165, 1.54) is 7.11 Å². The Morgan fingerprint density at radius 2 is 2.33 bits per heavy atom. The van der Waals surface area contributed by atoms with Gasteiger partial charge in [-0.3, -0.25) is 0 Å². The third kappa shape index (κ3) is 1.94. The van der Waals surface area contributed by atoms with Crippen molar-refractivity contribution in [3.8, 4) is 0 Å². The van der Waals surface area contributed by atoms with Gasteiger partial charge >= 0.3 is 0 Å². The van der Waals surface area contributed by atoms with Crippen LogP contribution in [0, 0.1) is 0 Å². The van der Waals surface area contributed by atoms with Gasteiger partial charge in [-0.1, -0.05) is 0 Å².